The molecule has 1 aromatic carbocycles. The fourth-order valence-corrected chi connectivity index (χ4v) is 5.56. The number of amides is 1. The smallest absolute Gasteiger partial charge is 0.250 e. The first-order valence-electron chi connectivity index (χ1n) is 8.72. The van der Waals surface area contributed by atoms with E-state index in [1.807, 2.05) is 19.1 Å². The van der Waals surface area contributed by atoms with E-state index in [-0.39, 0.29) is 18.0 Å². The molecule has 0 spiro atoms. The molecule has 1 atom stereocenters. The third-order valence-corrected chi connectivity index (χ3v) is 7.92. The van der Waals surface area contributed by atoms with Crippen molar-refractivity contribution in [2.45, 2.75) is 36.1 Å². The molecule has 2 N–H and O–H groups in total. The van der Waals surface area contributed by atoms with Crippen molar-refractivity contribution in [3.8, 4) is 0 Å². The van der Waals surface area contributed by atoms with Crippen molar-refractivity contribution in [1.29, 1.82) is 0 Å². The zero-order chi connectivity index (χ0) is 19.4. The van der Waals surface area contributed by atoms with Gasteiger partial charge in [-0.2, -0.15) is 0 Å². The number of sulfonamides is 1. The number of halogens is 1. The van der Waals surface area contributed by atoms with E-state index in [0.717, 1.165) is 0 Å². The van der Waals surface area contributed by atoms with Crippen LogP contribution in [0.4, 0.5) is 5.69 Å². The summed E-state index contributed by atoms with van der Waals surface area (Å²) >= 11 is 7.29. The Balaban J connectivity index is 1.52. The standard InChI is InChI=1S/C18H22ClN3O3S2/c1-13(18(23)20-16-6-3-2-5-15(16)19)22-10-8-14(9-11-22)21-27(24,25)17-7-4-12-26-17/h2-7,12-14,21H,8-11H2,1H3,(H,20,23)/t13-/m1/s1. The van der Waals surface area contributed by atoms with Gasteiger partial charge in [-0.15, -0.1) is 11.3 Å². The highest BCUT2D eigenvalue weighted by Gasteiger charge is 2.29. The van der Waals surface area contributed by atoms with Crippen LogP contribution >= 0.6 is 22.9 Å². The lowest BCUT2D eigenvalue weighted by Crippen LogP contribution is -2.50. The largest absolute Gasteiger partial charge is 0.323 e. The van der Waals surface area contributed by atoms with Gasteiger partial charge in [0.05, 0.1) is 16.8 Å². The Morgan fingerprint density at radius 3 is 2.56 bits per heavy atom. The van der Waals surface area contributed by atoms with Crippen molar-refractivity contribution in [2.24, 2.45) is 0 Å². The number of nitrogens with zero attached hydrogens (tertiary/aromatic N) is 1. The zero-order valence-corrected chi connectivity index (χ0v) is 17.3. The molecule has 1 aromatic heterocycles. The summed E-state index contributed by atoms with van der Waals surface area (Å²) in [7, 11) is -3.46. The van der Waals surface area contributed by atoms with Crippen LogP contribution < -0.4 is 10.0 Å². The number of nitrogens with one attached hydrogen (secondary N) is 2. The summed E-state index contributed by atoms with van der Waals surface area (Å²) < 4.78 is 27.8. The Kier molecular flexibility index (Phi) is 6.54. The molecule has 1 saturated heterocycles. The first-order valence-corrected chi connectivity index (χ1v) is 11.5. The molecule has 1 amide bonds. The molecule has 1 fully saturated rings. The lowest BCUT2D eigenvalue weighted by Gasteiger charge is -2.35. The van der Waals surface area contributed by atoms with Gasteiger partial charge in [0.1, 0.15) is 4.21 Å². The van der Waals surface area contributed by atoms with Gasteiger partial charge in [-0.05, 0) is 43.3 Å². The number of carbonyl (C=O) groups excluding carboxylic acids is 1. The molecule has 0 saturated carbocycles. The molecule has 0 bridgehead atoms. The van der Waals surface area contributed by atoms with Crippen LogP contribution in [0.15, 0.2) is 46.0 Å². The molecule has 2 aromatic rings. The summed E-state index contributed by atoms with van der Waals surface area (Å²) in [5.74, 6) is -0.124. The minimum absolute atomic E-state index is 0.118. The van der Waals surface area contributed by atoms with Crippen molar-refractivity contribution in [3.63, 3.8) is 0 Å². The van der Waals surface area contributed by atoms with Crippen LogP contribution in [-0.4, -0.2) is 44.4 Å². The molecule has 0 unspecified atom stereocenters. The molecule has 0 aliphatic carbocycles. The van der Waals surface area contributed by atoms with Crippen molar-refractivity contribution in [3.05, 3.63) is 46.8 Å². The molecule has 1 aliphatic heterocycles. The third-order valence-electron chi connectivity index (χ3n) is 4.67. The summed E-state index contributed by atoms with van der Waals surface area (Å²) in [5, 5.41) is 5.10. The number of carbonyl (C=O) groups is 1. The number of thiophene rings is 1. The third kappa shape index (κ3) is 5.08. The molecule has 1 aliphatic rings. The van der Waals surface area contributed by atoms with Gasteiger partial charge in [-0.25, -0.2) is 13.1 Å². The van der Waals surface area contributed by atoms with Gasteiger partial charge in [0, 0.05) is 19.1 Å². The van der Waals surface area contributed by atoms with Crippen LogP contribution in [0.3, 0.4) is 0 Å². The van der Waals surface area contributed by atoms with E-state index < -0.39 is 10.0 Å². The lowest BCUT2D eigenvalue weighted by atomic mass is 10.0. The number of anilines is 1. The second-order valence-electron chi connectivity index (χ2n) is 6.51. The molecule has 146 valence electrons. The van der Waals surface area contributed by atoms with Gasteiger partial charge in [0.2, 0.25) is 15.9 Å². The highest BCUT2D eigenvalue weighted by molar-refractivity contribution is 7.91. The summed E-state index contributed by atoms with van der Waals surface area (Å²) in [6.45, 7) is 3.14. The summed E-state index contributed by atoms with van der Waals surface area (Å²) in [4.78, 5) is 14.6. The minimum atomic E-state index is -3.46. The highest BCUT2D eigenvalue weighted by atomic mass is 35.5. The number of piperidine rings is 1. The highest BCUT2D eigenvalue weighted by Crippen LogP contribution is 2.22. The topological polar surface area (TPSA) is 78.5 Å². The maximum atomic E-state index is 12.5. The van der Waals surface area contributed by atoms with E-state index in [0.29, 0.717) is 40.9 Å². The summed E-state index contributed by atoms with van der Waals surface area (Å²) in [6, 6.07) is 10.00. The molecule has 6 nitrogen and oxygen atoms in total. The maximum absolute atomic E-state index is 12.5. The van der Waals surface area contributed by atoms with Gasteiger partial charge in [0.15, 0.2) is 0 Å². The average molecular weight is 428 g/mol. The molecule has 27 heavy (non-hydrogen) atoms. The fraction of sp³-hybridized carbons (Fsp3) is 0.389. The number of rotatable bonds is 6. The van der Waals surface area contributed by atoms with Crippen LogP contribution in [0.5, 0.6) is 0 Å². The number of benzene rings is 1. The van der Waals surface area contributed by atoms with Gasteiger partial charge in [-0.1, -0.05) is 29.8 Å². The lowest BCUT2D eigenvalue weighted by molar-refractivity contribution is -0.121. The second kappa shape index (κ2) is 8.70. The van der Waals surface area contributed by atoms with Crippen molar-refractivity contribution < 1.29 is 13.2 Å². The predicted octanol–water partition coefficient (Wildman–Crippen LogP) is 3.17. The Morgan fingerprint density at radius 2 is 1.93 bits per heavy atom. The monoisotopic (exact) mass is 427 g/mol. The number of likely N-dealkylation sites (tertiary alicyclic amines) is 1. The van der Waals surface area contributed by atoms with Crippen LogP contribution in [0, 0.1) is 0 Å². The van der Waals surface area contributed by atoms with E-state index in [2.05, 4.69) is 14.9 Å². The molecule has 9 heteroatoms. The average Bonchev–Trinajstić information content (AvgIpc) is 3.19. The number of hydrogen-bond acceptors (Lipinski definition) is 5. The molecule has 3 rings (SSSR count). The van der Waals surface area contributed by atoms with E-state index in [1.54, 1.807) is 29.6 Å². The van der Waals surface area contributed by atoms with E-state index in [1.165, 1.54) is 11.3 Å². The summed E-state index contributed by atoms with van der Waals surface area (Å²) in [5.41, 5.74) is 0.592. The summed E-state index contributed by atoms with van der Waals surface area (Å²) in [6.07, 6.45) is 1.32. The second-order valence-corrected chi connectivity index (χ2v) is 9.80. The number of para-hydroxylation sites is 1. The van der Waals surface area contributed by atoms with Gasteiger partial charge in [-0.3, -0.25) is 9.69 Å². The van der Waals surface area contributed by atoms with Crippen LogP contribution in [0.1, 0.15) is 19.8 Å². The van der Waals surface area contributed by atoms with Crippen molar-refractivity contribution >= 4 is 44.6 Å². The van der Waals surface area contributed by atoms with E-state index in [9.17, 15) is 13.2 Å². The Labute approximate surface area is 168 Å². The predicted molar refractivity (Wildman–Crippen MR) is 109 cm³/mol. The normalized spacial score (nSPS) is 17.6. The maximum Gasteiger partial charge on any atom is 0.250 e. The van der Waals surface area contributed by atoms with Crippen LogP contribution in [0.2, 0.25) is 5.02 Å². The van der Waals surface area contributed by atoms with Crippen molar-refractivity contribution in [1.82, 2.24) is 9.62 Å². The first-order chi connectivity index (χ1) is 12.9. The Hall–Kier alpha value is -1.45. The SMILES string of the molecule is C[C@H](C(=O)Nc1ccccc1Cl)N1CCC(NS(=O)(=O)c2cccs2)CC1. The minimum Gasteiger partial charge on any atom is -0.323 e. The van der Waals surface area contributed by atoms with Gasteiger partial charge >= 0.3 is 0 Å². The number of hydrogen-bond donors (Lipinski definition) is 2. The fourth-order valence-electron chi connectivity index (χ4n) is 3.06. The quantitative estimate of drug-likeness (QED) is 0.742. The molecular formula is C18H22ClN3O3S2. The van der Waals surface area contributed by atoms with Gasteiger partial charge in [0.25, 0.3) is 0 Å². The van der Waals surface area contributed by atoms with Crippen LogP contribution in [0.25, 0.3) is 0 Å². The first kappa shape index (κ1) is 20.3. The molecular weight excluding hydrogens is 406 g/mol. The van der Waals surface area contributed by atoms with E-state index in [4.69, 9.17) is 11.6 Å². The zero-order valence-electron chi connectivity index (χ0n) is 14.9. The van der Waals surface area contributed by atoms with E-state index >= 15 is 0 Å². The molecule has 2 heterocycles. The molecule has 0 radical (unpaired) electrons. The Bertz CT molecular complexity index is 879. The van der Waals surface area contributed by atoms with Gasteiger partial charge < -0.3 is 5.32 Å². The van der Waals surface area contributed by atoms with Crippen molar-refractivity contribution in [2.75, 3.05) is 18.4 Å². The Morgan fingerprint density at radius 1 is 1.22 bits per heavy atom. The van der Waals surface area contributed by atoms with Crippen LogP contribution in [-0.2, 0) is 14.8 Å².